The van der Waals surface area contributed by atoms with Crippen molar-refractivity contribution >= 4 is 0 Å². The van der Waals surface area contributed by atoms with E-state index < -0.39 is 0 Å². The molecule has 0 saturated carbocycles. The molecule has 0 atom stereocenters. The first-order valence-corrected chi connectivity index (χ1v) is 9.75. The van der Waals surface area contributed by atoms with Crippen LogP contribution in [0.3, 0.4) is 0 Å². The number of H-pyrrole nitrogens is 1. The van der Waals surface area contributed by atoms with Gasteiger partial charge in [0.25, 0.3) is 0 Å². The summed E-state index contributed by atoms with van der Waals surface area (Å²) in [5.41, 5.74) is 4.18. The molecule has 1 N–H and O–H groups in total. The summed E-state index contributed by atoms with van der Waals surface area (Å²) in [6.07, 6.45) is 3.75. The van der Waals surface area contributed by atoms with Crippen molar-refractivity contribution < 1.29 is 4.74 Å². The lowest BCUT2D eigenvalue weighted by atomic mass is 10.1. The normalized spacial score (nSPS) is 15.2. The number of hydrogen-bond acceptors (Lipinski definition) is 6. The molecule has 3 heterocycles. The van der Waals surface area contributed by atoms with E-state index in [2.05, 4.69) is 48.4 Å². The van der Waals surface area contributed by atoms with Crippen molar-refractivity contribution in [3.63, 3.8) is 0 Å². The zero-order chi connectivity index (χ0) is 19.0. The van der Waals surface area contributed by atoms with Crippen molar-refractivity contribution in [1.82, 2.24) is 30.2 Å². The number of aromatic amines is 1. The van der Waals surface area contributed by atoms with Crippen LogP contribution in [-0.2, 0) is 17.8 Å². The molecule has 3 aromatic rings. The molecule has 1 saturated heterocycles. The summed E-state index contributed by atoms with van der Waals surface area (Å²) in [6, 6.07) is 14.3. The van der Waals surface area contributed by atoms with Crippen LogP contribution in [0.5, 0.6) is 0 Å². The second-order valence-corrected chi connectivity index (χ2v) is 7.01. The molecule has 0 unspecified atom stereocenters. The smallest absolute Gasteiger partial charge is 0.117 e. The second kappa shape index (κ2) is 9.54. The predicted molar refractivity (Wildman–Crippen MR) is 107 cm³/mol. The average molecular weight is 378 g/mol. The highest BCUT2D eigenvalue weighted by Gasteiger charge is 2.17. The lowest BCUT2D eigenvalue weighted by Crippen LogP contribution is -2.41. The SMILES string of the molecule is c1ccc(-c2n[nH]nc2CN(CCN2CCOCC2)Cc2cccnc2)cc1. The Hall–Kier alpha value is -2.61. The molecule has 0 bridgehead atoms. The van der Waals surface area contributed by atoms with E-state index >= 15 is 0 Å². The molecule has 7 heteroatoms. The van der Waals surface area contributed by atoms with Crippen molar-refractivity contribution in [1.29, 1.82) is 0 Å². The molecule has 4 rings (SSSR count). The molecular weight excluding hydrogens is 352 g/mol. The monoisotopic (exact) mass is 378 g/mol. The van der Waals surface area contributed by atoms with Crippen LogP contribution >= 0.6 is 0 Å². The van der Waals surface area contributed by atoms with Gasteiger partial charge in [-0.3, -0.25) is 14.8 Å². The second-order valence-electron chi connectivity index (χ2n) is 7.01. The number of nitrogens with zero attached hydrogens (tertiary/aromatic N) is 5. The van der Waals surface area contributed by atoms with Crippen LogP contribution in [0.15, 0.2) is 54.9 Å². The first-order chi connectivity index (χ1) is 13.9. The average Bonchev–Trinajstić information content (AvgIpc) is 3.22. The summed E-state index contributed by atoms with van der Waals surface area (Å²) in [6.45, 7) is 7.19. The molecule has 1 fully saturated rings. The molecule has 1 aromatic carbocycles. The predicted octanol–water partition coefficient (Wildman–Crippen LogP) is 2.20. The number of aromatic nitrogens is 4. The van der Waals surface area contributed by atoms with Crippen molar-refractivity contribution in [3.05, 3.63) is 66.1 Å². The highest BCUT2D eigenvalue weighted by atomic mass is 16.5. The molecule has 0 spiro atoms. The number of morpholine rings is 1. The van der Waals surface area contributed by atoms with Crippen LogP contribution in [-0.4, -0.2) is 69.6 Å². The van der Waals surface area contributed by atoms with E-state index in [1.165, 1.54) is 5.56 Å². The molecule has 7 nitrogen and oxygen atoms in total. The third-order valence-corrected chi connectivity index (χ3v) is 5.01. The van der Waals surface area contributed by atoms with Crippen LogP contribution in [0, 0.1) is 0 Å². The minimum absolute atomic E-state index is 0.736. The lowest BCUT2D eigenvalue weighted by molar-refractivity contribution is 0.0324. The maximum atomic E-state index is 5.47. The Labute approximate surface area is 165 Å². The highest BCUT2D eigenvalue weighted by molar-refractivity contribution is 5.60. The molecule has 1 aliphatic heterocycles. The van der Waals surface area contributed by atoms with Crippen LogP contribution in [0.25, 0.3) is 11.3 Å². The Morgan fingerprint density at radius 2 is 1.86 bits per heavy atom. The Balaban J connectivity index is 1.48. The van der Waals surface area contributed by atoms with Gasteiger partial charge in [-0.05, 0) is 11.6 Å². The minimum Gasteiger partial charge on any atom is -0.379 e. The molecule has 0 aliphatic carbocycles. The third-order valence-electron chi connectivity index (χ3n) is 5.01. The molecular formula is C21H26N6O. The third kappa shape index (κ3) is 5.01. The summed E-state index contributed by atoms with van der Waals surface area (Å²) in [5.74, 6) is 0. The van der Waals surface area contributed by atoms with Crippen LogP contribution < -0.4 is 0 Å². The molecule has 1 aliphatic rings. The number of hydrogen-bond donors (Lipinski definition) is 1. The Bertz CT molecular complexity index is 832. The lowest BCUT2D eigenvalue weighted by Gasteiger charge is -2.30. The summed E-state index contributed by atoms with van der Waals surface area (Å²) in [5, 5.41) is 11.6. The summed E-state index contributed by atoms with van der Waals surface area (Å²) in [4.78, 5) is 9.13. The van der Waals surface area contributed by atoms with Crippen LogP contribution in [0.4, 0.5) is 0 Å². The fraction of sp³-hybridized carbons (Fsp3) is 0.381. The van der Waals surface area contributed by atoms with E-state index in [4.69, 9.17) is 4.74 Å². The van der Waals surface area contributed by atoms with Gasteiger partial charge in [-0.2, -0.15) is 15.4 Å². The van der Waals surface area contributed by atoms with Crippen LogP contribution in [0.2, 0.25) is 0 Å². The zero-order valence-corrected chi connectivity index (χ0v) is 16.0. The summed E-state index contributed by atoms with van der Waals surface area (Å²) >= 11 is 0. The Morgan fingerprint density at radius 1 is 1.00 bits per heavy atom. The molecule has 2 aromatic heterocycles. The van der Waals surface area contributed by atoms with E-state index in [1.807, 2.05) is 36.7 Å². The van der Waals surface area contributed by atoms with Gasteiger partial charge < -0.3 is 4.74 Å². The summed E-state index contributed by atoms with van der Waals surface area (Å²) < 4.78 is 5.47. The van der Waals surface area contributed by atoms with Gasteiger partial charge in [-0.25, -0.2) is 0 Å². The molecule has 0 radical (unpaired) electrons. The fourth-order valence-corrected chi connectivity index (χ4v) is 3.47. The fourth-order valence-electron chi connectivity index (χ4n) is 3.47. The highest BCUT2D eigenvalue weighted by Crippen LogP contribution is 2.21. The van der Waals surface area contributed by atoms with Gasteiger partial charge in [-0.15, -0.1) is 0 Å². The summed E-state index contributed by atoms with van der Waals surface area (Å²) in [7, 11) is 0. The molecule has 28 heavy (non-hydrogen) atoms. The van der Waals surface area contributed by atoms with Gasteiger partial charge >= 0.3 is 0 Å². The maximum absolute atomic E-state index is 5.47. The Morgan fingerprint density at radius 3 is 2.64 bits per heavy atom. The van der Waals surface area contributed by atoms with Gasteiger partial charge in [0, 0.05) is 57.2 Å². The zero-order valence-electron chi connectivity index (χ0n) is 16.0. The van der Waals surface area contributed by atoms with Gasteiger partial charge in [0.1, 0.15) is 11.4 Å². The van der Waals surface area contributed by atoms with E-state index in [0.717, 1.165) is 69.4 Å². The van der Waals surface area contributed by atoms with E-state index in [9.17, 15) is 0 Å². The molecule has 146 valence electrons. The largest absolute Gasteiger partial charge is 0.379 e. The van der Waals surface area contributed by atoms with Gasteiger partial charge in [0.2, 0.25) is 0 Å². The van der Waals surface area contributed by atoms with Gasteiger partial charge in [0.05, 0.1) is 13.2 Å². The van der Waals surface area contributed by atoms with Crippen molar-refractivity contribution in [2.75, 3.05) is 39.4 Å². The number of nitrogens with one attached hydrogen (secondary N) is 1. The van der Waals surface area contributed by atoms with E-state index in [1.54, 1.807) is 0 Å². The van der Waals surface area contributed by atoms with Crippen LogP contribution in [0.1, 0.15) is 11.3 Å². The number of rotatable bonds is 8. The minimum atomic E-state index is 0.736. The number of benzene rings is 1. The number of ether oxygens (including phenoxy) is 1. The van der Waals surface area contributed by atoms with Crippen molar-refractivity contribution in [3.8, 4) is 11.3 Å². The number of pyridine rings is 1. The van der Waals surface area contributed by atoms with E-state index in [-0.39, 0.29) is 0 Å². The first-order valence-electron chi connectivity index (χ1n) is 9.75. The molecule has 0 amide bonds. The quantitative estimate of drug-likeness (QED) is 0.648. The van der Waals surface area contributed by atoms with Crippen molar-refractivity contribution in [2.45, 2.75) is 13.1 Å². The van der Waals surface area contributed by atoms with Crippen molar-refractivity contribution in [2.24, 2.45) is 0 Å². The topological polar surface area (TPSA) is 70.2 Å². The van der Waals surface area contributed by atoms with Gasteiger partial charge in [-0.1, -0.05) is 36.4 Å². The maximum Gasteiger partial charge on any atom is 0.117 e. The first kappa shape index (κ1) is 18.7. The van der Waals surface area contributed by atoms with Gasteiger partial charge in [0.15, 0.2) is 0 Å². The Kier molecular flexibility index (Phi) is 6.39. The van der Waals surface area contributed by atoms with E-state index in [0.29, 0.717) is 0 Å². The standard InChI is InChI=1S/C21H26N6O/c1-2-6-19(7-3-1)21-20(23-25-24-21)17-27(16-18-5-4-8-22-15-18)10-9-26-11-13-28-14-12-26/h1-8,15H,9-14,16-17H2,(H,23,24,25).